The number of aryl methyl sites for hydroxylation is 3. The number of H-pyrrole nitrogens is 2. The molecule has 0 unspecified atom stereocenters. The van der Waals surface area contributed by atoms with Crippen molar-refractivity contribution in [3.63, 3.8) is 0 Å². The van der Waals surface area contributed by atoms with Crippen LogP contribution < -0.4 is 80.9 Å². The first-order valence-corrected chi connectivity index (χ1v) is 14.6. The molecule has 5 heterocycles. The zero-order valence-corrected chi connectivity index (χ0v) is 32.6. The van der Waals surface area contributed by atoms with Gasteiger partial charge in [0.15, 0.2) is 0 Å². The van der Waals surface area contributed by atoms with E-state index < -0.39 is 30.2 Å². The summed E-state index contributed by atoms with van der Waals surface area (Å²) in [5.41, 5.74) is 9.27. The molecule has 3 aromatic heterocycles. The monoisotopic (exact) mass is 660 g/mol. The van der Waals surface area contributed by atoms with Gasteiger partial charge in [-0.1, -0.05) is 26.5 Å². The largest absolute Gasteiger partial charge is 1.00 e. The Labute approximate surface area is 334 Å². The number of hydrogen-bond donors (Lipinski definition) is 5. The van der Waals surface area contributed by atoms with Crippen molar-refractivity contribution in [2.75, 3.05) is 0 Å². The van der Waals surface area contributed by atoms with Crippen LogP contribution in [0.5, 0.6) is 0 Å². The van der Waals surface area contributed by atoms with Crippen LogP contribution in [0.4, 0.5) is 0 Å². The number of rotatable bonds is 8. The summed E-state index contributed by atoms with van der Waals surface area (Å²) < 4.78 is 0. The number of aliphatic carboxylic acids is 2. The van der Waals surface area contributed by atoms with Gasteiger partial charge in [-0.3, -0.25) is 14.6 Å². The van der Waals surface area contributed by atoms with Gasteiger partial charge in [-0.2, -0.15) is 0 Å². The summed E-state index contributed by atoms with van der Waals surface area (Å²) in [5, 5.41) is 29.9. The van der Waals surface area contributed by atoms with E-state index >= 15 is 0 Å². The van der Waals surface area contributed by atoms with E-state index in [2.05, 4.69) is 16.5 Å². The van der Waals surface area contributed by atoms with Crippen molar-refractivity contribution in [3.05, 3.63) is 81.4 Å². The molecule has 2 aliphatic heterocycles. The van der Waals surface area contributed by atoms with Crippen LogP contribution in [0.25, 0.3) is 33.2 Å². The molecule has 0 saturated carbocycles. The number of nitrogens with one attached hydrogen (secondary N) is 2. The molecule has 3 aromatic rings. The van der Waals surface area contributed by atoms with Crippen LogP contribution in [0, 0.1) is 13.8 Å². The zero-order chi connectivity index (χ0) is 32.0. The Morgan fingerprint density at radius 2 is 1.61 bits per heavy atom. The second-order valence-corrected chi connectivity index (χ2v) is 11.5. The van der Waals surface area contributed by atoms with Gasteiger partial charge in [0.25, 0.3) is 0 Å². The quantitative estimate of drug-likeness (QED) is 0.222. The van der Waals surface area contributed by atoms with Crippen LogP contribution >= 0.6 is 0 Å². The maximum atomic E-state index is 12.7. The van der Waals surface area contributed by atoms with Gasteiger partial charge in [-0.15, -0.1) is 0 Å². The molecule has 232 valence electrons. The van der Waals surface area contributed by atoms with E-state index in [0.717, 1.165) is 45.4 Å². The summed E-state index contributed by atoms with van der Waals surface area (Å²) in [6, 6.07) is 5.70. The maximum absolute atomic E-state index is 12.7. The molecule has 8 bridgehead atoms. The molecule has 46 heavy (non-hydrogen) atoms. The molecule has 0 radical (unpaired) electrons. The standard InChI is InChI=1S/C34H36N4O6.K.Na.2H/c1-7-19-15(3)23-12-25-17(5)21(9-10-29(39)40)32(37-25)22(11-30(41)42)33-31(34(43)44)18(6)26(38-33)14-28-20(8-2)16(4)24(36-28)13-27(19)35-23;;;;/h7,12-14,17,21,36,38H,1,8-11H2,2-6H3,(H,39,40)(H,41,42)(H,43,44);;;;/q;2*+1;2*-1/t17-,21-;;;;/m0..../s1. The minimum atomic E-state index is -1.20. The molecule has 0 aromatic carbocycles. The summed E-state index contributed by atoms with van der Waals surface area (Å²) in [6.07, 6.45) is 2.04. The summed E-state index contributed by atoms with van der Waals surface area (Å²) >= 11 is 0. The molecule has 12 heteroatoms. The van der Waals surface area contributed by atoms with Crippen molar-refractivity contribution in [1.29, 1.82) is 0 Å². The van der Waals surface area contributed by atoms with Crippen molar-refractivity contribution in [2.45, 2.75) is 72.1 Å². The number of nitrogens with zero attached hydrogens (tertiary/aromatic N) is 2. The number of aromatic carboxylic acids is 1. The van der Waals surface area contributed by atoms with Crippen LogP contribution in [0.3, 0.4) is 0 Å². The molecule has 10 nitrogen and oxygen atoms in total. The van der Waals surface area contributed by atoms with Gasteiger partial charge in [0.05, 0.1) is 34.6 Å². The number of allylic oxidation sites excluding steroid dienone is 3. The molecule has 0 saturated heterocycles. The molecule has 0 spiro atoms. The molecule has 2 aliphatic rings. The van der Waals surface area contributed by atoms with E-state index in [1.807, 2.05) is 45.9 Å². The first kappa shape index (κ1) is 38.1. The predicted molar refractivity (Wildman–Crippen MR) is 171 cm³/mol. The van der Waals surface area contributed by atoms with Crippen molar-refractivity contribution >= 4 is 51.1 Å². The average Bonchev–Trinajstić information content (AvgIpc) is 3.63. The molecule has 5 rings (SSSR count). The number of fused-ring (bicyclic) bond motifs is 8. The normalized spacial score (nSPS) is 15.6. The van der Waals surface area contributed by atoms with Gasteiger partial charge in [-0.25, -0.2) is 9.78 Å². The fourth-order valence-electron chi connectivity index (χ4n) is 6.53. The molecule has 5 N–H and O–H groups in total. The molecule has 0 fully saturated rings. The van der Waals surface area contributed by atoms with Gasteiger partial charge in [0.2, 0.25) is 0 Å². The van der Waals surface area contributed by atoms with E-state index in [1.54, 1.807) is 13.0 Å². The van der Waals surface area contributed by atoms with Crippen molar-refractivity contribution in [2.24, 2.45) is 0 Å². The Morgan fingerprint density at radius 1 is 0.935 bits per heavy atom. The second-order valence-electron chi connectivity index (χ2n) is 11.5. The van der Waals surface area contributed by atoms with E-state index in [1.165, 1.54) is 0 Å². The van der Waals surface area contributed by atoms with Gasteiger partial charge in [0.1, 0.15) is 0 Å². The van der Waals surface area contributed by atoms with Gasteiger partial charge >= 0.3 is 98.8 Å². The third-order valence-corrected chi connectivity index (χ3v) is 8.95. The van der Waals surface area contributed by atoms with Gasteiger partial charge in [-0.05, 0) is 74.1 Å². The Hall–Kier alpha value is -2.35. The molecule has 2 atom stereocenters. The predicted octanol–water partition coefficient (Wildman–Crippen LogP) is 0.921. The van der Waals surface area contributed by atoms with Gasteiger partial charge in [0, 0.05) is 51.6 Å². The van der Waals surface area contributed by atoms with E-state index in [4.69, 9.17) is 9.97 Å². The Bertz CT molecular complexity index is 1970. The summed E-state index contributed by atoms with van der Waals surface area (Å²) in [7, 11) is 0. The SMILES string of the molecule is C=CC1=C(C)c2cc3nc(c(CC(=O)O)c4[nH]c(cc5[nH]c(cc1n2)c(C)c5CC)c(C)c4C(=O)O)[C@@H](CCC(=O)O)[C@@H]3C.[H-].[H-].[K+].[Na+]. The smallest absolute Gasteiger partial charge is 1.00 e. The maximum Gasteiger partial charge on any atom is 1.00 e. The first-order chi connectivity index (χ1) is 20.9. The Morgan fingerprint density at radius 3 is 2.20 bits per heavy atom. The van der Waals surface area contributed by atoms with Gasteiger partial charge < -0.3 is 28.1 Å². The number of carboxylic acid groups (broad SMARTS) is 3. The molecular formula is C34H38KN4NaO6. The van der Waals surface area contributed by atoms with Crippen molar-refractivity contribution in [1.82, 2.24) is 19.9 Å². The fourth-order valence-corrected chi connectivity index (χ4v) is 6.53. The number of aromatic amines is 2. The summed E-state index contributed by atoms with van der Waals surface area (Å²) in [6.45, 7) is 13.7. The van der Waals surface area contributed by atoms with Crippen LogP contribution in [-0.2, 0) is 22.4 Å². The fraction of sp³-hybridized carbons (Fsp3) is 0.324. The third-order valence-electron chi connectivity index (χ3n) is 8.95. The molecule has 0 amide bonds. The topological polar surface area (TPSA) is 169 Å². The number of carbonyl (C=O) groups is 3. The van der Waals surface area contributed by atoms with E-state index in [-0.39, 0.29) is 119 Å². The van der Waals surface area contributed by atoms with Crippen molar-refractivity contribution < 1.29 is 113 Å². The summed E-state index contributed by atoms with van der Waals surface area (Å²) in [5.74, 6) is -4.08. The van der Waals surface area contributed by atoms with Crippen LogP contribution in [0.2, 0.25) is 0 Å². The first-order valence-electron chi connectivity index (χ1n) is 14.6. The van der Waals surface area contributed by atoms with Crippen LogP contribution in [0.1, 0.15) is 104 Å². The number of carboxylic acids is 3. The summed E-state index contributed by atoms with van der Waals surface area (Å²) in [4.78, 5) is 53.2. The molecular weight excluding hydrogens is 622 g/mol. The van der Waals surface area contributed by atoms with Crippen LogP contribution in [-0.4, -0.2) is 53.2 Å². The molecule has 0 aliphatic carbocycles. The average molecular weight is 661 g/mol. The number of hydrogen-bond acceptors (Lipinski definition) is 5. The van der Waals surface area contributed by atoms with E-state index in [9.17, 15) is 29.7 Å². The third kappa shape index (κ3) is 7.07. The van der Waals surface area contributed by atoms with E-state index in [0.29, 0.717) is 28.2 Å². The Balaban J connectivity index is 0.00000288. The second kappa shape index (κ2) is 15.2. The minimum absolute atomic E-state index is 0. The Kier molecular flexibility index (Phi) is 12.6. The van der Waals surface area contributed by atoms with Crippen LogP contribution in [0.15, 0.2) is 30.9 Å². The van der Waals surface area contributed by atoms with Crippen molar-refractivity contribution in [3.8, 4) is 0 Å². The minimum Gasteiger partial charge on any atom is -1.00 e. The zero-order valence-electron chi connectivity index (χ0n) is 29.5. The number of aromatic nitrogens is 4.